The summed E-state index contributed by atoms with van der Waals surface area (Å²) in [6.45, 7) is 1.21. The SMILES string of the molecule is CC1[C@H](Oc2ccccc2-c2cccc([N+](=O)[O-])c2)OC(CO)[C@H](O)[C@@H]1O. The van der Waals surface area contributed by atoms with E-state index in [9.17, 15) is 25.4 Å². The normalized spacial score (nSPS) is 27.9. The van der Waals surface area contributed by atoms with Crippen molar-refractivity contribution in [2.75, 3.05) is 6.61 Å². The van der Waals surface area contributed by atoms with Gasteiger partial charge in [0.2, 0.25) is 6.29 Å². The van der Waals surface area contributed by atoms with Gasteiger partial charge in [-0.05, 0) is 11.6 Å². The Morgan fingerprint density at radius 2 is 1.89 bits per heavy atom. The highest BCUT2D eigenvalue weighted by Crippen LogP contribution is 2.35. The monoisotopic (exact) mass is 375 g/mol. The van der Waals surface area contributed by atoms with Crippen molar-refractivity contribution in [3.63, 3.8) is 0 Å². The van der Waals surface area contributed by atoms with Gasteiger partial charge < -0.3 is 24.8 Å². The van der Waals surface area contributed by atoms with Gasteiger partial charge >= 0.3 is 0 Å². The van der Waals surface area contributed by atoms with Crippen LogP contribution in [0, 0.1) is 16.0 Å². The molecule has 0 saturated carbocycles. The summed E-state index contributed by atoms with van der Waals surface area (Å²) in [5, 5.41) is 40.5. The predicted molar refractivity (Wildman–Crippen MR) is 96.1 cm³/mol. The number of benzene rings is 2. The van der Waals surface area contributed by atoms with Gasteiger partial charge in [-0.3, -0.25) is 10.1 Å². The lowest BCUT2D eigenvalue weighted by Gasteiger charge is -2.40. The van der Waals surface area contributed by atoms with Crippen LogP contribution < -0.4 is 4.74 Å². The molecule has 2 unspecified atom stereocenters. The number of rotatable bonds is 5. The van der Waals surface area contributed by atoms with Crippen molar-refractivity contribution in [2.45, 2.75) is 31.5 Å². The summed E-state index contributed by atoms with van der Waals surface area (Å²) in [4.78, 5) is 10.6. The molecule has 5 atom stereocenters. The number of para-hydroxylation sites is 1. The largest absolute Gasteiger partial charge is 0.464 e. The minimum Gasteiger partial charge on any atom is -0.464 e. The maximum absolute atomic E-state index is 11.0. The molecule has 0 aliphatic carbocycles. The fourth-order valence-corrected chi connectivity index (χ4v) is 3.07. The first kappa shape index (κ1) is 19.2. The van der Waals surface area contributed by atoms with Crippen molar-refractivity contribution in [3.8, 4) is 16.9 Å². The van der Waals surface area contributed by atoms with Crippen LogP contribution in [0.15, 0.2) is 48.5 Å². The Balaban J connectivity index is 1.90. The van der Waals surface area contributed by atoms with Gasteiger partial charge in [0.15, 0.2) is 0 Å². The summed E-state index contributed by atoms with van der Waals surface area (Å²) in [5.74, 6) is -0.143. The molecule has 0 aromatic heterocycles. The van der Waals surface area contributed by atoms with Crippen molar-refractivity contribution in [1.82, 2.24) is 0 Å². The van der Waals surface area contributed by atoms with Gasteiger partial charge in [0.25, 0.3) is 5.69 Å². The molecule has 1 saturated heterocycles. The molecule has 0 radical (unpaired) electrons. The second-order valence-corrected chi connectivity index (χ2v) is 6.49. The van der Waals surface area contributed by atoms with E-state index in [0.717, 1.165) is 0 Å². The van der Waals surface area contributed by atoms with E-state index in [4.69, 9.17) is 9.47 Å². The average molecular weight is 375 g/mol. The maximum Gasteiger partial charge on any atom is 0.270 e. The van der Waals surface area contributed by atoms with Crippen LogP contribution in [0.3, 0.4) is 0 Å². The van der Waals surface area contributed by atoms with Crippen LogP contribution in [0.25, 0.3) is 11.1 Å². The molecule has 2 aromatic carbocycles. The van der Waals surface area contributed by atoms with Crippen LogP contribution in [-0.4, -0.2) is 51.5 Å². The van der Waals surface area contributed by atoms with E-state index in [1.54, 1.807) is 43.3 Å². The van der Waals surface area contributed by atoms with E-state index < -0.39 is 42.1 Å². The lowest BCUT2D eigenvalue weighted by molar-refractivity contribution is -0.384. The summed E-state index contributed by atoms with van der Waals surface area (Å²) >= 11 is 0. The number of nitrogens with zero attached hydrogens (tertiary/aromatic N) is 1. The van der Waals surface area contributed by atoms with Crippen LogP contribution in [0.2, 0.25) is 0 Å². The first-order valence-electron chi connectivity index (χ1n) is 8.55. The number of aliphatic hydroxyl groups excluding tert-OH is 3. The van der Waals surface area contributed by atoms with E-state index in [1.807, 2.05) is 0 Å². The first-order chi connectivity index (χ1) is 12.9. The third-order valence-corrected chi connectivity index (χ3v) is 4.69. The number of nitro groups is 1. The van der Waals surface area contributed by atoms with Crippen LogP contribution in [0.1, 0.15) is 6.92 Å². The lowest BCUT2D eigenvalue weighted by atomic mass is 9.92. The van der Waals surface area contributed by atoms with Crippen LogP contribution in [0.4, 0.5) is 5.69 Å². The molecule has 144 valence electrons. The number of hydrogen-bond acceptors (Lipinski definition) is 7. The van der Waals surface area contributed by atoms with Crippen molar-refractivity contribution >= 4 is 5.69 Å². The number of ether oxygens (including phenoxy) is 2. The first-order valence-corrected chi connectivity index (χ1v) is 8.55. The zero-order valence-corrected chi connectivity index (χ0v) is 14.6. The summed E-state index contributed by atoms with van der Waals surface area (Å²) < 4.78 is 11.5. The number of non-ortho nitro benzene ring substituents is 1. The van der Waals surface area contributed by atoms with Crippen LogP contribution in [-0.2, 0) is 4.74 Å². The molecule has 3 N–H and O–H groups in total. The van der Waals surface area contributed by atoms with Crippen molar-refractivity contribution in [1.29, 1.82) is 0 Å². The summed E-state index contributed by atoms with van der Waals surface area (Å²) in [6, 6.07) is 13.2. The molecular formula is C19H21NO7. The predicted octanol–water partition coefficient (Wildman–Crippen LogP) is 1.72. The van der Waals surface area contributed by atoms with E-state index >= 15 is 0 Å². The number of aliphatic hydroxyl groups is 3. The van der Waals surface area contributed by atoms with Gasteiger partial charge in [0.05, 0.1) is 17.6 Å². The topological polar surface area (TPSA) is 122 Å². The van der Waals surface area contributed by atoms with Gasteiger partial charge in [-0.15, -0.1) is 0 Å². The molecule has 8 nitrogen and oxygen atoms in total. The maximum atomic E-state index is 11.0. The third kappa shape index (κ3) is 3.93. The highest BCUT2D eigenvalue weighted by Gasteiger charge is 2.43. The molecule has 1 heterocycles. The summed E-state index contributed by atoms with van der Waals surface area (Å²) in [5.41, 5.74) is 1.18. The third-order valence-electron chi connectivity index (χ3n) is 4.69. The molecular weight excluding hydrogens is 354 g/mol. The highest BCUT2D eigenvalue weighted by atomic mass is 16.7. The van der Waals surface area contributed by atoms with E-state index in [2.05, 4.69) is 0 Å². The van der Waals surface area contributed by atoms with Crippen molar-refractivity contribution < 1.29 is 29.7 Å². The van der Waals surface area contributed by atoms with Crippen molar-refractivity contribution in [3.05, 3.63) is 58.6 Å². The van der Waals surface area contributed by atoms with Crippen LogP contribution in [0.5, 0.6) is 5.75 Å². The van der Waals surface area contributed by atoms with Gasteiger partial charge in [-0.1, -0.05) is 37.3 Å². The van der Waals surface area contributed by atoms with Gasteiger partial charge in [0, 0.05) is 23.6 Å². The van der Waals surface area contributed by atoms with Gasteiger partial charge in [0.1, 0.15) is 18.0 Å². The Hall–Kier alpha value is -2.52. The zero-order valence-electron chi connectivity index (χ0n) is 14.6. The minimum atomic E-state index is -1.21. The average Bonchev–Trinajstić information content (AvgIpc) is 2.69. The standard InChI is InChI=1S/C19H21NO7/c1-11-17(22)18(23)16(10-21)27-19(11)26-15-8-3-2-7-14(15)12-5-4-6-13(9-12)20(24)25/h2-9,11,16-19,21-23H,10H2,1H3/t11?,16?,17-,18+,19-/m1/s1. The molecule has 1 aliphatic heterocycles. The minimum absolute atomic E-state index is 0.0384. The molecule has 1 fully saturated rings. The Kier molecular flexibility index (Phi) is 5.71. The van der Waals surface area contributed by atoms with E-state index in [-0.39, 0.29) is 5.69 Å². The van der Waals surface area contributed by atoms with Crippen LogP contribution >= 0.6 is 0 Å². The fourth-order valence-electron chi connectivity index (χ4n) is 3.07. The van der Waals surface area contributed by atoms with Gasteiger partial charge in [-0.25, -0.2) is 0 Å². The summed E-state index contributed by atoms with van der Waals surface area (Å²) in [6.07, 6.45) is -4.20. The Morgan fingerprint density at radius 1 is 1.15 bits per heavy atom. The Labute approximate surface area is 155 Å². The molecule has 27 heavy (non-hydrogen) atoms. The van der Waals surface area contributed by atoms with Crippen molar-refractivity contribution in [2.24, 2.45) is 5.92 Å². The second-order valence-electron chi connectivity index (χ2n) is 6.49. The molecule has 0 spiro atoms. The molecule has 3 rings (SSSR count). The molecule has 0 amide bonds. The lowest BCUT2D eigenvalue weighted by Crippen LogP contribution is -2.56. The number of hydrogen-bond donors (Lipinski definition) is 3. The number of nitro benzene ring substituents is 1. The van der Waals surface area contributed by atoms with E-state index in [0.29, 0.717) is 16.9 Å². The Morgan fingerprint density at radius 3 is 2.59 bits per heavy atom. The van der Waals surface area contributed by atoms with Gasteiger partial charge in [-0.2, -0.15) is 0 Å². The fraction of sp³-hybridized carbons (Fsp3) is 0.368. The highest BCUT2D eigenvalue weighted by molar-refractivity contribution is 5.72. The molecule has 1 aliphatic rings. The van der Waals surface area contributed by atoms with E-state index in [1.165, 1.54) is 12.1 Å². The molecule has 0 bridgehead atoms. The Bertz CT molecular complexity index is 810. The molecule has 2 aromatic rings. The summed E-state index contributed by atoms with van der Waals surface area (Å²) in [7, 11) is 0. The smallest absolute Gasteiger partial charge is 0.270 e. The second kappa shape index (κ2) is 8.01. The quantitative estimate of drug-likeness (QED) is 0.537. The zero-order chi connectivity index (χ0) is 19.6. The molecule has 8 heteroatoms.